The van der Waals surface area contributed by atoms with Gasteiger partial charge in [0.25, 0.3) is 0 Å². The summed E-state index contributed by atoms with van der Waals surface area (Å²) in [5.74, 6) is -0.0464. The zero-order valence-corrected chi connectivity index (χ0v) is 52.7. The van der Waals surface area contributed by atoms with E-state index in [0.29, 0.717) is 19.4 Å². The number of nitrogens with one attached hydrogen (secondary N) is 1. The summed E-state index contributed by atoms with van der Waals surface area (Å²) in [6.07, 6.45) is 86.6. The van der Waals surface area contributed by atoms with Crippen LogP contribution in [0.1, 0.15) is 386 Å². The average molecular weight is 1100 g/mol. The van der Waals surface area contributed by atoms with E-state index in [1.54, 1.807) is 6.08 Å². The van der Waals surface area contributed by atoms with E-state index in [2.05, 4.69) is 43.5 Å². The zero-order valence-electron chi connectivity index (χ0n) is 52.7. The van der Waals surface area contributed by atoms with Crippen LogP contribution < -0.4 is 5.32 Å². The summed E-state index contributed by atoms with van der Waals surface area (Å²) < 4.78 is 5.48. The van der Waals surface area contributed by atoms with Gasteiger partial charge in [0, 0.05) is 12.8 Å². The summed E-state index contributed by atoms with van der Waals surface area (Å²) in [4.78, 5) is 24.5. The summed E-state index contributed by atoms with van der Waals surface area (Å²) in [5, 5.41) is 23.1. The number of hydrogen-bond acceptors (Lipinski definition) is 5. The smallest absolute Gasteiger partial charge is 0.305 e. The van der Waals surface area contributed by atoms with Gasteiger partial charge in [-0.05, 0) is 64.2 Å². The Morgan fingerprint density at radius 3 is 0.974 bits per heavy atom. The van der Waals surface area contributed by atoms with Crippen molar-refractivity contribution in [2.75, 3.05) is 13.2 Å². The molecule has 0 aliphatic heterocycles. The van der Waals surface area contributed by atoms with E-state index in [-0.39, 0.29) is 18.5 Å². The highest BCUT2D eigenvalue weighted by Crippen LogP contribution is 2.18. The van der Waals surface area contributed by atoms with Gasteiger partial charge in [-0.1, -0.05) is 346 Å². The van der Waals surface area contributed by atoms with Crippen LogP contribution in [0.2, 0.25) is 0 Å². The number of aliphatic hydroxyl groups excluding tert-OH is 2. The summed E-state index contributed by atoms with van der Waals surface area (Å²) >= 11 is 0. The lowest BCUT2D eigenvalue weighted by molar-refractivity contribution is -0.143. The minimum atomic E-state index is -0.842. The number of carbonyl (C=O) groups excluding carboxylic acids is 2. The average Bonchev–Trinajstić information content (AvgIpc) is 3.44. The standard InChI is InChI=1S/C72H137NO5/c1-3-5-7-9-11-13-15-17-41-44-48-52-56-60-64-70(75)69(68-74)73-71(76)65-61-57-53-49-45-42-39-37-35-33-31-29-27-25-23-21-19-18-20-22-24-26-28-30-32-34-36-38-40-43-47-51-55-59-63-67-78-72(77)66-62-58-54-50-46-16-14-12-10-8-6-4-2/h20,22,26,28,60,64,69-70,74-75H,3-19,21,23-25,27,29-59,61-63,65-68H2,1-2H3,(H,73,76)/b22-20-,28-26-,64-60+. The van der Waals surface area contributed by atoms with Crippen molar-refractivity contribution in [3.8, 4) is 0 Å². The lowest BCUT2D eigenvalue weighted by atomic mass is 10.0. The number of carbonyl (C=O) groups is 2. The van der Waals surface area contributed by atoms with Crippen molar-refractivity contribution in [1.82, 2.24) is 5.32 Å². The lowest BCUT2D eigenvalue weighted by Gasteiger charge is -2.20. The van der Waals surface area contributed by atoms with Gasteiger partial charge < -0.3 is 20.3 Å². The fourth-order valence-corrected chi connectivity index (χ4v) is 11.0. The molecule has 3 N–H and O–H groups in total. The molecule has 0 aromatic rings. The Balaban J connectivity index is 3.38. The lowest BCUT2D eigenvalue weighted by Crippen LogP contribution is -2.45. The maximum atomic E-state index is 12.5. The second-order valence-electron chi connectivity index (χ2n) is 24.2. The predicted molar refractivity (Wildman–Crippen MR) is 343 cm³/mol. The molecule has 0 bridgehead atoms. The number of amides is 1. The molecule has 460 valence electrons. The third-order valence-corrected chi connectivity index (χ3v) is 16.4. The van der Waals surface area contributed by atoms with Crippen molar-refractivity contribution in [2.24, 2.45) is 0 Å². The Hall–Kier alpha value is -1.92. The molecule has 0 saturated heterocycles. The van der Waals surface area contributed by atoms with Gasteiger partial charge >= 0.3 is 5.97 Å². The molecule has 0 rings (SSSR count). The van der Waals surface area contributed by atoms with Gasteiger partial charge in [-0.2, -0.15) is 0 Å². The van der Waals surface area contributed by atoms with Gasteiger partial charge in [-0.15, -0.1) is 0 Å². The molecule has 0 aliphatic carbocycles. The first-order valence-corrected chi connectivity index (χ1v) is 35.3. The number of aliphatic hydroxyl groups is 2. The molecule has 0 heterocycles. The van der Waals surface area contributed by atoms with E-state index in [1.165, 1.54) is 315 Å². The van der Waals surface area contributed by atoms with Crippen molar-refractivity contribution in [2.45, 2.75) is 398 Å². The first-order chi connectivity index (χ1) is 38.5. The van der Waals surface area contributed by atoms with Crippen LogP contribution in [0.3, 0.4) is 0 Å². The fraction of sp³-hybridized carbons (Fsp3) is 0.889. The highest BCUT2D eigenvalue weighted by molar-refractivity contribution is 5.76. The third-order valence-electron chi connectivity index (χ3n) is 16.4. The van der Waals surface area contributed by atoms with E-state index in [4.69, 9.17) is 4.74 Å². The molecule has 0 fully saturated rings. The fourth-order valence-electron chi connectivity index (χ4n) is 11.0. The van der Waals surface area contributed by atoms with Crippen molar-refractivity contribution < 1.29 is 24.5 Å². The monoisotopic (exact) mass is 1100 g/mol. The van der Waals surface area contributed by atoms with Gasteiger partial charge in [-0.3, -0.25) is 9.59 Å². The molecule has 2 unspecified atom stereocenters. The van der Waals surface area contributed by atoms with Crippen LogP contribution >= 0.6 is 0 Å². The normalized spacial score (nSPS) is 12.7. The van der Waals surface area contributed by atoms with Gasteiger partial charge in [-0.25, -0.2) is 0 Å². The molecular weight excluding hydrogens is 959 g/mol. The van der Waals surface area contributed by atoms with E-state index in [9.17, 15) is 19.8 Å². The number of ether oxygens (including phenoxy) is 1. The van der Waals surface area contributed by atoms with Gasteiger partial charge in [0.15, 0.2) is 0 Å². The minimum Gasteiger partial charge on any atom is -0.466 e. The first kappa shape index (κ1) is 76.1. The quantitative estimate of drug-likeness (QED) is 0.0320. The third kappa shape index (κ3) is 63.3. The Bertz CT molecular complexity index is 1260. The summed E-state index contributed by atoms with van der Waals surface area (Å²) in [5.41, 5.74) is 0. The van der Waals surface area contributed by atoms with Crippen LogP contribution in [-0.2, 0) is 14.3 Å². The van der Waals surface area contributed by atoms with Crippen molar-refractivity contribution in [3.05, 3.63) is 36.5 Å². The molecule has 1 amide bonds. The summed E-state index contributed by atoms with van der Waals surface area (Å²) in [6.45, 7) is 4.93. The van der Waals surface area contributed by atoms with Crippen LogP contribution in [-0.4, -0.2) is 47.4 Å². The predicted octanol–water partition coefficient (Wildman–Crippen LogP) is 22.7. The molecule has 0 radical (unpaired) electrons. The van der Waals surface area contributed by atoms with Crippen LogP contribution in [0.4, 0.5) is 0 Å². The molecule has 0 aromatic heterocycles. The molecule has 0 spiro atoms. The Morgan fingerprint density at radius 1 is 0.359 bits per heavy atom. The van der Waals surface area contributed by atoms with Crippen LogP contribution in [0.5, 0.6) is 0 Å². The largest absolute Gasteiger partial charge is 0.466 e. The van der Waals surface area contributed by atoms with Crippen molar-refractivity contribution in [1.29, 1.82) is 0 Å². The van der Waals surface area contributed by atoms with Crippen molar-refractivity contribution in [3.63, 3.8) is 0 Å². The van der Waals surface area contributed by atoms with Gasteiger partial charge in [0.2, 0.25) is 5.91 Å². The molecule has 2 atom stereocenters. The molecule has 0 aromatic carbocycles. The molecule has 78 heavy (non-hydrogen) atoms. The summed E-state index contributed by atoms with van der Waals surface area (Å²) in [7, 11) is 0. The maximum absolute atomic E-state index is 12.5. The Labute approximate surface area is 487 Å². The number of unbranched alkanes of at least 4 members (excludes halogenated alkanes) is 51. The van der Waals surface area contributed by atoms with E-state index < -0.39 is 12.1 Å². The highest BCUT2D eigenvalue weighted by Gasteiger charge is 2.18. The molecule has 0 aliphatic rings. The molecule has 6 heteroatoms. The Kier molecular flexibility index (Phi) is 65.9. The zero-order chi connectivity index (χ0) is 56.4. The summed E-state index contributed by atoms with van der Waals surface area (Å²) in [6, 6.07) is -0.626. The topological polar surface area (TPSA) is 95.9 Å². The van der Waals surface area contributed by atoms with E-state index in [1.807, 2.05) is 6.08 Å². The maximum Gasteiger partial charge on any atom is 0.305 e. The minimum absolute atomic E-state index is 0.0175. The number of rotatable bonds is 66. The second-order valence-corrected chi connectivity index (χ2v) is 24.2. The number of hydrogen-bond donors (Lipinski definition) is 3. The number of esters is 1. The van der Waals surface area contributed by atoms with Crippen LogP contribution in [0.25, 0.3) is 0 Å². The van der Waals surface area contributed by atoms with Crippen molar-refractivity contribution >= 4 is 11.9 Å². The first-order valence-electron chi connectivity index (χ1n) is 35.3. The van der Waals surface area contributed by atoms with Crippen LogP contribution in [0, 0.1) is 0 Å². The SMILES string of the molecule is CCCCCCCCCCCCCC/C=C/C(O)C(CO)NC(=O)CCCCCCCCCCCCCCCCCCC/C=C\C/C=C\CCCCCCCCCCCCCOC(=O)CCCCCCCCCCCCCC. The van der Waals surface area contributed by atoms with Crippen LogP contribution in [0.15, 0.2) is 36.5 Å². The Morgan fingerprint density at radius 2 is 0.641 bits per heavy atom. The highest BCUT2D eigenvalue weighted by atomic mass is 16.5. The van der Waals surface area contributed by atoms with Gasteiger partial charge in [0.1, 0.15) is 0 Å². The molecular formula is C72H137NO5. The molecule has 6 nitrogen and oxygen atoms in total. The number of allylic oxidation sites excluding steroid dienone is 5. The second kappa shape index (κ2) is 67.6. The van der Waals surface area contributed by atoms with E-state index in [0.717, 1.165) is 44.9 Å². The van der Waals surface area contributed by atoms with Gasteiger partial charge in [0.05, 0.1) is 25.4 Å². The van der Waals surface area contributed by atoms with E-state index >= 15 is 0 Å². The molecule has 0 saturated carbocycles.